The summed E-state index contributed by atoms with van der Waals surface area (Å²) in [5.41, 5.74) is 2.62. The number of aromatic nitrogens is 6. The lowest BCUT2D eigenvalue weighted by Gasteiger charge is -2.24. The number of nitrogens with zero attached hydrogens (tertiary/aromatic N) is 6. The highest BCUT2D eigenvalue weighted by molar-refractivity contribution is 7.16. The number of pyridine rings is 1. The third-order valence-corrected chi connectivity index (χ3v) is 5.70. The summed E-state index contributed by atoms with van der Waals surface area (Å²) in [5, 5.41) is 14.2. The maximum absolute atomic E-state index is 6.09. The lowest BCUT2D eigenvalue weighted by molar-refractivity contribution is 0.0904. The number of imidazole rings is 1. The highest BCUT2D eigenvalue weighted by Gasteiger charge is 2.27. The Morgan fingerprint density at radius 2 is 1.93 bits per heavy atom. The first-order chi connectivity index (χ1) is 13.8. The summed E-state index contributed by atoms with van der Waals surface area (Å²) in [5.74, 6) is 2.14. The van der Waals surface area contributed by atoms with Crippen LogP contribution < -0.4 is 9.47 Å². The predicted octanol–water partition coefficient (Wildman–Crippen LogP) is 3.32. The molecule has 1 atom stereocenters. The molecule has 4 aromatic heterocycles. The van der Waals surface area contributed by atoms with Crippen molar-refractivity contribution in [3.8, 4) is 23.0 Å². The standard InChI is InChI=1S/C19H14N6O2S/c1-11-16(24-9-5-4-8-15(24)20-11)17-21-22-19-25(17)23-18(28-19)14-10-26-12-6-2-3-7-13(12)27-14/h2-9,14H,10H2,1H3. The van der Waals surface area contributed by atoms with Crippen LogP contribution in [0.5, 0.6) is 11.5 Å². The van der Waals surface area contributed by atoms with Gasteiger partial charge in [0.1, 0.15) is 17.9 Å². The fourth-order valence-corrected chi connectivity index (χ4v) is 4.29. The number of ether oxygens (including phenoxy) is 2. The van der Waals surface area contributed by atoms with Crippen LogP contribution >= 0.6 is 11.3 Å². The molecule has 138 valence electrons. The van der Waals surface area contributed by atoms with Crippen molar-refractivity contribution < 1.29 is 9.47 Å². The molecule has 1 unspecified atom stereocenters. The van der Waals surface area contributed by atoms with Gasteiger partial charge in [-0.25, -0.2) is 4.98 Å². The van der Waals surface area contributed by atoms with Crippen molar-refractivity contribution >= 4 is 21.9 Å². The van der Waals surface area contributed by atoms with E-state index in [0.717, 1.165) is 33.5 Å². The summed E-state index contributed by atoms with van der Waals surface area (Å²) < 4.78 is 15.7. The monoisotopic (exact) mass is 390 g/mol. The van der Waals surface area contributed by atoms with Gasteiger partial charge >= 0.3 is 0 Å². The summed E-state index contributed by atoms with van der Waals surface area (Å²) in [6.45, 7) is 2.37. The van der Waals surface area contributed by atoms with Gasteiger partial charge in [-0.05, 0) is 31.2 Å². The van der Waals surface area contributed by atoms with Gasteiger partial charge in [-0.1, -0.05) is 29.5 Å². The number of hydrogen-bond donors (Lipinski definition) is 0. The molecule has 0 N–H and O–H groups in total. The van der Waals surface area contributed by atoms with Crippen molar-refractivity contribution in [2.24, 2.45) is 0 Å². The molecule has 0 saturated carbocycles. The molecule has 0 aliphatic carbocycles. The van der Waals surface area contributed by atoms with Crippen molar-refractivity contribution in [2.45, 2.75) is 13.0 Å². The summed E-state index contributed by atoms with van der Waals surface area (Å²) in [7, 11) is 0. The molecule has 1 aliphatic heterocycles. The molecule has 0 bridgehead atoms. The second kappa shape index (κ2) is 5.77. The Labute approximate surface area is 163 Å². The Kier molecular flexibility index (Phi) is 3.21. The molecule has 8 nitrogen and oxygen atoms in total. The van der Waals surface area contributed by atoms with Crippen molar-refractivity contribution in [3.05, 3.63) is 59.4 Å². The van der Waals surface area contributed by atoms with Crippen LogP contribution in [0, 0.1) is 6.92 Å². The van der Waals surface area contributed by atoms with E-state index in [-0.39, 0.29) is 6.10 Å². The van der Waals surface area contributed by atoms with Gasteiger partial charge in [0.15, 0.2) is 22.6 Å². The van der Waals surface area contributed by atoms with Gasteiger partial charge in [0.2, 0.25) is 10.8 Å². The fraction of sp³-hybridized carbons (Fsp3) is 0.158. The van der Waals surface area contributed by atoms with E-state index in [1.807, 2.05) is 60.0 Å². The number of hydrogen-bond acceptors (Lipinski definition) is 7. The second-order valence-electron chi connectivity index (χ2n) is 6.50. The molecule has 0 spiro atoms. The predicted molar refractivity (Wildman–Crippen MR) is 103 cm³/mol. The average Bonchev–Trinajstić information content (AvgIpc) is 3.39. The van der Waals surface area contributed by atoms with Crippen LogP contribution in [0.2, 0.25) is 0 Å². The maximum atomic E-state index is 6.09. The van der Waals surface area contributed by atoms with Crippen LogP contribution in [0.4, 0.5) is 0 Å². The molecule has 0 saturated heterocycles. The lowest BCUT2D eigenvalue weighted by Crippen LogP contribution is -2.21. The quantitative estimate of drug-likeness (QED) is 0.460. The number of para-hydroxylation sites is 2. The van der Waals surface area contributed by atoms with E-state index in [9.17, 15) is 0 Å². The van der Waals surface area contributed by atoms with E-state index in [0.29, 0.717) is 17.4 Å². The summed E-state index contributed by atoms with van der Waals surface area (Å²) in [4.78, 5) is 5.32. The molecule has 0 fully saturated rings. The normalized spacial score (nSPS) is 16.1. The molecule has 9 heteroatoms. The van der Waals surface area contributed by atoms with Crippen LogP contribution in [0.25, 0.3) is 22.1 Å². The summed E-state index contributed by atoms with van der Waals surface area (Å²) in [6, 6.07) is 13.5. The molecule has 28 heavy (non-hydrogen) atoms. The van der Waals surface area contributed by atoms with E-state index in [4.69, 9.17) is 14.6 Å². The average molecular weight is 390 g/mol. The van der Waals surface area contributed by atoms with Crippen LogP contribution in [0.15, 0.2) is 48.7 Å². The van der Waals surface area contributed by atoms with Crippen LogP contribution in [0.1, 0.15) is 16.8 Å². The van der Waals surface area contributed by atoms with Crippen LogP contribution in [-0.4, -0.2) is 35.8 Å². The zero-order valence-electron chi connectivity index (χ0n) is 14.8. The lowest BCUT2D eigenvalue weighted by atomic mass is 10.3. The number of aryl methyl sites for hydroxylation is 1. The molecule has 1 aromatic carbocycles. The third-order valence-electron chi connectivity index (χ3n) is 4.71. The minimum Gasteiger partial charge on any atom is -0.485 e. The van der Waals surface area contributed by atoms with E-state index >= 15 is 0 Å². The first kappa shape index (κ1) is 15.6. The minimum absolute atomic E-state index is 0.280. The van der Waals surface area contributed by atoms with E-state index in [1.165, 1.54) is 11.3 Å². The van der Waals surface area contributed by atoms with Gasteiger partial charge in [0.05, 0.1) is 5.69 Å². The fourth-order valence-electron chi connectivity index (χ4n) is 3.43. The van der Waals surface area contributed by atoms with Crippen molar-refractivity contribution in [2.75, 3.05) is 6.61 Å². The molecular formula is C19H14N6O2S. The molecule has 6 rings (SSSR count). The topological polar surface area (TPSA) is 78.8 Å². The zero-order valence-corrected chi connectivity index (χ0v) is 15.6. The van der Waals surface area contributed by atoms with Gasteiger partial charge in [0.25, 0.3) is 0 Å². The molecule has 5 heterocycles. The Hall–Kier alpha value is -3.46. The second-order valence-corrected chi connectivity index (χ2v) is 7.48. The SMILES string of the molecule is Cc1nc2ccccn2c1-c1nnc2sc(C3COc4ccccc4O3)nn12. The molecule has 1 aliphatic rings. The smallest absolute Gasteiger partial charge is 0.235 e. The van der Waals surface area contributed by atoms with Crippen molar-refractivity contribution in [1.82, 2.24) is 29.2 Å². The number of fused-ring (bicyclic) bond motifs is 3. The first-order valence-corrected chi connectivity index (χ1v) is 9.64. The van der Waals surface area contributed by atoms with Crippen molar-refractivity contribution in [3.63, 3.8) is 0 Å². The van der Waals surface area contributed by atoms with E-state index in [2.05, 4.69) is 15.2 Å². The van der Waals surface area contributed by atoms with Gasteiger partial charge < -0.3 is 9.47 Å². The Morgan fingerprint density at radius 1 is 1.07 bits per heavy atom. The van der Waals surface area contributed by atoms with Gasteiger partial charge in [-0.15, -0.1) is 10.2 Å². The number of benzene rings is 1. The van der Waals surface area contributed by atoms with Gasteiger partial charge in [-0.2, -0.15) is 9.61 Å². The highest BCUT2D eigenvalue weighted by Crippen LogP contribution is 2.37. The Balaban J connectivity index is 1.44. The Bertz CT molecular complexity index is 1340. The molecule has 0 amide bonds. The van der Waals surface area contributed by atoms with E-state index < -0.39 is 0 Å². The van der Waals surface area contributed by atoms with Crippen LogP contribution in [-0.2, 0) is 0 Å². The summed E-state index contributed by atoms with van der Waals surface area (Å²) in [6.07, 6.45) is 1.69. The first-order valence-electron chi connectivity index (χ1n) is 8.82. The number of rotatable bonds is 2. The van der Waals surface area contributed by atoms with Crippen molar-refractivity contribution in [1.29, 1.82) is 0 Å². The molecule has 0 radical (unpaired) electrons. The maximum Gasteiger partial charge on any atom is 0.235 e. The van der Waals surface area contributed by atoms with Crippen LogP contribution in [0.3, 0.4) is 0 Å². The van der Waals surface area contributed by atoms with E-state index in [1.54, 1.807) is 4.52 Å². The highest BCUT2D eigenvalue weighted by atomic mass is 32.1. The third kappa shape index (κ3) is 2.23. The van der Waals surface area contributed by atoms with Gasteiger partial charge in [-0.3, -0.25) is 4.40 Å². The minimum atomic E-state index is -0.280. The zero-order chi connectivity index (χ0) is 18.7. The van der Waals surface area contributed by atoms with Gasteiger partial charge in [0, 0.05) is 6.20 Å². The Morgan fingerprint density at radius 3 is 2.86 bits per heavy atom. The molecule has 5 aromatic rings. The molecular weight excluding hydrogens is 376 g/mol. The largest absolute Gasteiger partial charge is 0.485 e. The summed E-state index contributed by atoms with van der Waals surface area (Å²) >= 11 is 1.45.